The number of halogens is 1. The van der Waals surface area contributed by atoms with Crippen molar-refractivity contribution in [1.29, 1.82) is 10.8 Å². The van der Waals surface area contributed by atoms with Crippen LogP contribution < -0.4 is 11.1 Å². The van der Waals surface area contributed by atoms with Crippen molar-refractivity contribution in [3.63, 3.8) is 0 Å². The number of aryl methyl sites for hydroxylation is 2. The van der Waals surface area contributed by atoms with Gasteiger partial charge in [-0.3, -0.25) is 10.8 Å². The predicted molar refractivity (Wildman–Crippen MR) is 112 cm³/mol. The molecule has 2 fully saturated rings. The molecule has 0 aromatic carbocycles. The van der Waals surface area contributed by atoms with Gasteiger partial charge in [-0.2, -0.15) is 5.10 Å². The van der Waals surface area contributed by atoms with E-state index in [1.165, 1.54) is 44.5 Å². The van der Waals surface area contributed by atoms with Crippen LogP contribution in [0.3, 0.4) is 0 Å². The molecule has 2 aromatic heterocycles. The summed E-state index contributed by atoms with van der Waals surface area (Å²) >= 11 is 0. The molecule has 0 bridgehead atoms. The molecule has 1 atom stereocenters. The zero-order valence-electron chi connectivity index (χ0n) is 16.7. The number of allylic oxidation sites excluding steroid dienone is 4. The van der Waals surface area contributed by atoms with E-state index < -0.39 is 11.5 Å². The summed E-state index contributed by atoms with van der Waals surface area (Å²) in [6.07, 6.45) is 8.35. The lowest BCUT2D eigenvalue weighted by molar-refractivity contribution is 0.175. The molecule has 5 N–H and O–H groups in total. The van der Waals surface area contributed by atoms with E-state index in [2.05, 4.69) is 15.4 Å². The minimum atomic E-state index is -0.714. The molecule has 1 saturated carbocycles. The quantitative estimate of drug-likeness (QED) is 0.556. The van der Waals surface area contributed by atoms with Gasteiger partial charge in [0.15, 0.2) is 11.5 Å². The lowest BCUT2D eigenvalue weighted by Gasteiger charge is -2.39. The van der Waals surface area contributed by atoms with Gasteiger partial charge in [0.1, 0.15) is 5.71 Å². The minimum absolute atomic E-state index is 0.152. The van der Waals surface area contributed by atoms with Crippen LogP contribution >= 0.6 is 0 Å². The fourth-order valence-electron chi connectivity index (χ4n) is 4.19. The highest BCUT2D eigenvalue weighted by molar-refractivity contribution is 6.51. The Morgan fingerprint density at radius 3 is 2.59 bits per heavy atom. The zero-order valence-corrected chi connectivity index (χ0v) is 16.7. The Balaban J connectivity index is 0.000000188. The van der Waals surface area contributed by atoms with Gasteiger partial charge in [-0.25, -0.2) is 13.9 Å². The normalized spacial score (nSPS) is 22.8. The van der Waals surface area contributed by atoms with Crippen LogP contribution in [0.25, 0.3) is 11.2 Å². The first kappa shape index (κ1) is 19.6. The highest BCUT2D eigenvalue weighted by Gasteiger charge is 2.42. The van der Waals surface area contributed by atoms with Gasteiger partial charge in [0.05, 0.1) is 23.3 Å². The average Bonchev–Trinajstić information content (AvgIpc) is 3.22. The van der Waals surface area contributed by atoms with E-state index in [1.54, 1.807) is 16.8 Å². The maximum Gasteiger partial charge on any atom is 0.156 e. The van der Waals surface area contributed by atoms with E-state index >= 15 is 0 Å². The van der Waals surface area contributed by atoms with Crippen LogP contribution in [0.1, 0.15) is 36.2 Å². The lowest BCUT2D eigenvalue weighted by Crippen LogP contribution is -2.52. The molecule has 3 heterocycles. The van der Waals surface area contributed by atoms with Crippen molar-refractivity contribution < 1.29 is 4.39 Å². The molecule has 2 aromatic rings. The van der Waals surface area contributed by atoms with Gasteiger partial charge in [0, 0.05) is 24.7 Å². The number of fused-ring (bicyclic) bond motifs is 1. The van der Waals surface area contributed by atoms with E-state index in [0.717, 1.165) is 16.9 Å². The van der Waals surface area contributed by atoms with Gasteiger partial charge in [-0.1, -0.05) is 0 Å². The summed E-state index contributed by atoms with van der Waals surface area (Å²) in [5.74, 6) is -0.714. The van der Waals surface area contributed by atoms with Crippen LogP contribution in [-0.4, -0.2) is 45.2 Å². The van der Waals surface area contributed by atoms with Gasteiger partial charge >= 0.3 is 0 Å². The van der Waals surface area contributed by atoms with Gasteiger partial charge in [0.25, 0.3) is 0 Å². The van der Waals surface area contributed by atoms with Crippen molar-refractivity contribution in [1.82, 2.24) is 19.9 Å². The van der Waals surface area contributed by atoms with Gasteiger partial charge < -0.3 is 11.1 Å². The minimum Gasteiger partial charge on any atom is -0.328 e. The molecule has 0 amide bonds. The van der Waals surface area contributed by atoms with E-state index in [0.29, 0.717) is 22.7 Å². The molecule has 8 heteroatoms. The third-order valence-corrected chi connectivity index (χ3v) is 5.86. The number of hydrogen-bond acceptors (Lipinski definition) is 6. The number of hydrogen-bond donors (Lipinski definition) is 4. The summed E-state index contributed by atoms with van der Waals surface area (Å²) < 4.78 is 15.2. The van der Waals surface area contributed by atoms with Crippen LogP contribution in [-0.2, 0) is 0 Å². The molecule has 0 radical (unpaired) electrons. The zero-order chi connectivity index (χ0) is 20.8. The number of nitrogens with one attached hydrogen (secondary N) is 3. The lowest BCUT2D eigenvalue weighted by atomic mass is 9.80. The predicted octanol–water partition coefficient (Wildman–Crippen LogP) is 2.72. The van der Waals surface area contributed by atoms with Crippen LogP contribution in [0.4, 0.5) is 4.39 Å². The molecular weight excluding hydrogens is 369 g/mol. The largest absolute Gasteiger partial charge is 0.328 e. The third kappa shape index (κ3) is 3.77. The number of nitrogens with zero attached hydrogens (tertiary/aromatic N) is 3. The first-order chi connectivity index (χ1) is 13.8. The second-order valence-electron chi connectivity index (χ2n) is 8.35. The number of imidazole rings is 1. The molecule has 29 heavy (non-hydrogen) atoms. The van der Waals surface area contributed by atoms with Crippen LogP contribution in [0.15, 0.2) is 30.2 Å². The second kappa shape index (κ2) is 7.27. The Morgan fingerprint density at radius 2 is 2.03 bits per heavy atom. The molecule has 7 nitrogen and oxygen atoms in total. The SMILES string of the molecule is Cc1cn2nc(C3=CC(=N)C(=N)C(F)=C3)cc(C)c2n1.NC1CCC2(CNC2)C1. The molecule has 1 unspecified atom stereocenters. The van der Waals surface area contributed by atoms with Gasteiger partial charge in [-0.05, 0) is 62.3 Å². The summed E-state index contributed by atoms with van der Waals surface area (Å²) in [4.78, 5) is 4.36. The number of rotatable bonds is 1. The molecule has 3 aliphatic rings. The summed E-state index contributed by atoms with van der Waals surface area (Å²) in [6, 6.07) is 2.31. The van der Waals surface area contributed by atoms with Crippen molar-refractivity contribution in [3.05, 3.63) is 47.2 Å². The third-order valence-electron chi connectivity index (χ3n) is 5.86. The van der Waals surface area contributed by atoms with E-state index in [4.69, 9.17) is 16.6 Å². The van der Waals surface area contributed by atoms with Crippen molar-refractivity contribution in [2.45, 2.75) is 39.2 Å². The highest BCUT2D eigenvalue weighted by atomic mass is 19.1. The van der Waals surface area contributed by atoms with E-state index in [-0.39, 0.29) is 5.71 Å². The van der Waals surface area contributed by atoms with E-state index in [9.17, 15) is 4.39 Å². The maximum absolute atomic E-state index is 13.6. The fraction of sp³-hybridized carbons (Fsp3) is 0.429. The summed E-state index contributed by atoms with van der Waals surface area (Å²) in [7, 11) is 0. The monoisotopic (exact) mass is 395 g/mol. The Morgan fingerprint density at radius 1 is 1.28 bits per heavy atom. The van der Waals surface area contributed by atoms with Crippen LogP contribution in [0.5, 0.6) is 0 Å². The molecule has 1 spiro atoms. The summed E-state index contributed by atoms with van der Waals surface area (Å²) in [6.45, 7) is 6.23. The first-order valence-corrected chi connectivity index (χ1v) is 9.83. The molecule has 152 valence electrons. The molecular formula is C21H26FN7. The Bertz CT molecular complexity index is 1060. The van der Waals surface area contributed by atoms with Crippen LogP contribution in [0.2, 0.25) is 0 Å². The summed E-state index contributed by atoms with van der Waals surface area (Å²) in [5, 5.41) is 22.7. The second-order valence-corrected chi connectivity index (χ2v) is 8.35. The Hall–Kier alpha value is -2.71. The first-order valence-electron chi connectivity index (χ1n) is 9.83. The Kier molecular flexibility index (Phi) is 4.92. The Labute approximate surface area is 168 Å². The molecule has 1 saturated heterocycles. The van der Waals surface area contributed by atoms with Crippen molar-refractivity contribution in [2.75, 3.05) is 13.1 Å². The highest BCUT2D eigenvalue weighted by Crippen LogP contribution is 2.40. The summed E-state index contributed by atoms with van der Waals surface area (Å²) in [5.41, 5.74) is 9.47. The molecule has 1 aliphatic heterocycles. The average molecular weight is 395 g/mol. The van der Waals surface area contributed by atoms with Crippen LogP contribution in [0, 0.1) is 30.1 Å². The van der Waals surface area contributed by atoms with Crippen molar-refractivity contribution in [2.24, 2.45) is 11.1 Å². The van der Waals surface area contributed by atoms with E-state index in [1.807, 2.05) is 13.8 Å². The topological polar surface area (TPSA) is 116 Å². The standard InChI is InChI=1S/C14H12FN5.C7H14N2/c1-7-3-12(19-20-6-8(2)18-14(7)20)9-4-10(15)13(17)11(16)5-9;8-6-1-2-7(3-6)4-9-5-7/h3-6,16-17H,1-2H3;6,9H,1-5,8H2. The number of nitrogens with two attached hydrogens (primary N) is 1. The smallest absolute Gasteiger partial charge is 0.156 e. The van der Waals surface area contributed by atoms with Crippen molar-refractivity contribution in [3.8, 4) is 0 Å². The fourth-order valence-corrected chi connectivity index (χ4v) is 4.19. The maximum atomic E-state index is 13.6. The molecule has 2 aliphatic carbocycles. The number of aromatic nitrogens is 3. The van der Waals surface area contributed by atoms with Gasteiger partial charge in [-0.15, -0.1) is 0 Å². The van der Waals surface area contributed by atoms with Gasteiger partial charge in [0.2, 0.25) is 0 Å². The molecule has 5 rings (SSSR count). The van der Waals surface area contributed by atoms with Crippen molar-refractivity contribution >= 4 is 22.6 Å².